The number of nitrogens with zero attached hydrogens (tertiary/aromatic N) is 1. The maximum absolute atomic E-state index is 13.1. The summed E-state index contributed by atoms with van der Waals surface area (Å²) < 4.78 is 40.1. The lowest BCUT2D eigenvalue weighted by atomic mass is 10.2. The van der Waals surface area contributed by atoms with Crippen LogP contribution in [-0.4, -0.2) is 11.0 Å². The Bertz CT molecular complexity index is 606. The van der Waals surface area contributed by atoms with E-state index in [1.165, 1.54) is 0 Å². The molecular weight excluding hydrogens is 365 g/mol. The Morgan fingerprint density at radius 3 is 2.38 bits per heavy atom. The topological polar surface area (TPSA) is 24.9 Å². The fourth-order valence-corrected chi connectivity index (χ4v) is 3.01. The van der Waals surface area contributed by atoms with Crippen LogP contribution in [0.5, 0.6) is 0 Å². The number of rotatable bonds is 4. The quantitative estimate of drug-likeness (QED) is 0.801. The molecule has 114 valence electrons. The van der Waals surface area contributed by atoms with E-state index in [1.54, 1.807) is 24.3 Å². The molecule has 2 nitrogen and oxygen atoms in total. The highest BCUT2D eigenvalue weighted by atomic mass is 79.9. The van der Waals surface area contributed by atoms with Crippen LogP contribution in [0.15, 0.2) is 28.7 Å². The van der Waals surface area contributed by atoms with E-state index >= 15 is 0 Å². The van der Waals surface area contributed by atoms with Crippen molar-refractivity contribution in [2.75, 3.05) is 0 Å². The Morgan fingerprint density at radius 2 is 1.86 bits per heavy atom. The van der Waals surface area contributed by atoms with Crippen LogP contribution in [0.3, 0.4) is 0 Å². The van der Waals surface area contributed by atoms with E-state index in [1.807, 2.05) is 13.8 Å². The predicted octanol–water partition coefficient (Wildman–Crippen LogP) is 5.09. The zero-order valence-electron chi connectivity index (χ0n) is 11.5. The summed E-state index contributed by atoms with van der Waals surface area (Å²) in [5.41, 5.74) is -0.108. The molecule has 2 rings (SSSR count). The van der Waals surface area contributed by atoms with Gasteiger partial charge in [-0.05, 0) is 12.1 Å². The van der Waals surface area contributed by atoms with Crippen molar-refractivity contribution in [3.63, 3.8) is 0 Å². The average molecular weight is 379 g/mol. The molecule has 0 aliphatic carbocycles. The van der Waals surface area contributed by atoms with Gasteiger partial charge in [-0.3, -0.25) is 0 Å². The molecule has 0 saturated heterocycles. The fraction of sp³-hybridized carbons (Fsp3) is 0.357. The molecule has 1 N–H and O–H groups in total. The minimum absolute atomic E-state index is 0.115. The van der Waals surface area contributed by atoms with E-state index < -0.39 is 11.9 Å². The van der Waals surface area contributed by atoms with Crippen molar-refractivity contribution in [3.05, 3.63) is 39.3 Å². The zero-order chi connectivity index (χ0) is 15.6. The summed E-state index contributed by atoms with van der Waals surface area (Å²) >= 11 is 4.38. The molecule has 0 amide bonds. The van der Waals surface area contributed by atoms with E-state index in [9.17, 15) is 13.2 Å². The molecule has 0 spiro atoms. The molecule has 0 radical (unpaired) electrons. The molecule has 0 fully saturated rings. The largest absolute Gasteiger partial charge is 0.434 e. The smallest absolute Gasteiger partial charge is 0.310 e. The molecule has 0 saturated carbocycles. The van der Waals surface area contributed by atoms with Gasteiger partial charge in [0, 0.05) is 22.6 Å². The molecule has 0 aliphatic rings. The highest BCUT2D eigenvalue weighted by Gasteiger charge is 2.37. The lowest BCUT2D eigenvalue weighted by Crippen LogP contribution is -2.23. The van der Waals surface area contributed by atoms with Crippen LogP contribution in [-0.2, 0) is 12.7 Å². The molecule has 0 atom stereocenters. The third kappa shape index (κ3) is 4.28. The van der Waals surface area contributed by atoms with Crippen molar-refractivity contribution in [1.82, 2.24) is 10.3 Å². The molecule has 1 heterocycles. The van der Waals surface area contributed by atoms with Crippen LogP contribution in [0.2, 0.25) is 0 Å². The summed E-state index contributed by atoms with van der Waals surface area (Å²) in [4.78, 5) is 4.01. The van der Waals surface area contributed by atoms with E-state index in [2.05, 4.69) is 26.2 Å². The minimum atomic E-state index is -4.43. The second-order valence-corrected chi connectivity index (χ2v) is 6.83. The first-order valence-electron chi connectivity index (χ1n) is 6.33. The molecule has 21 heavy (non-hydrogen) atoms. The van der Waals surface area contributed by atoms with Crippen LogP contribution in [0.4, 0.5) is 13.2 Å². The maximum Gasteiger partial charge on any atom is 0.434 e. The van der Waals surface area contributed by atoms with Gasteiger partial charge in [-0.1, -0.05) is 41.9 Å². The Labute approximate surface area is 133 Å². The monoisotopic (exact) mass is 378 g/mol. The third-order valence-corrected chi connectivity index (χ3v) is 4.36. The Morgan fingerprint density at radius 1 is 1.24 bits per heavy atom. The molecule has 0 unspecified atom stereocenters. The lowest BCUT2D eigenvalue weighted by Gasteiger charge is -2.09. The van der Waals surface area contributed by atoms with Crippen molar-refractivity contribution < 1.29 is 13.2 Å². The van der Waals surface area contributed by atoms with E-state index in [0.717, 1.165) is 15.8 Å². The van der Waals surface area contributed by atoms with E-state index in [4.69, 9.17) is 0 Å². The fourth-order valence-electron chi connectivity index (χ4n) is 1.71. The van der Waals surface area contributed by atoms with Crippen molar-refractivity contribution in [2.45, 2.75) is 32.6 Å². The number of hydrogen-bond acceptors (Lipinski definition) is 3. The van der Waals surface area contributed by atoms with Crippen molar-refractivity contribution >= 4 is 27.3 Å². The van der Waals surface area contributed by atoms with Gasteiger partial charge < -0.3 is 5.32 Å². The number of alkyl halides is 3. The van der Waals surface area contributed by atoms with Gasteiger partial charge in [0.15, 0.2) is 5.69 Å². The van der Waals surface area contributed by atoms with Crippen molar-refractivity contribution in [2.24, 2.45) is 0 Å². The van der Waals surface area contributed by atoms with Gasteiger partial charge in [-0.15, -0.1) is 11.3 Å². The van der Waals surface area contributed by atoms with Crippen molar-refractivity contribution in [3.8, 4) is 10.6 Å². The second-order valence-electron chi connectivity index (χ2n) is 4.83. The predicted molar refractivity (Wildman–Crippen MR) is 82.2 cm³/mol. The van der Waals surface area contributed by atoms with Gasteiger partial charge in [0.2, 0.25) is 0 Å². The number of halogens is 4. The lowest BCUT2D eigenvalue weighted by molar-refractivity contribution is -0.141. The first kappa shape index (κ1) is 16.5. The third-order valence-electron chi connectivity index (χ3n) is 2.73. The van der Waals surface area contributed by atoms with Gasteiger partial charge in [-0.25, -0.2) is 4.98 Å². The molecule has 0 bridgehead atoms. The molecular formula is C14H14BrF3N2S. The SMILES string of the molecule is CC(C)NCc1sc(-c2ccc(Br)cc2)nc1C(F)(F)F. The standard InChI is InChI=1S/C14H14BrF3N2S/c1-8(2)19-7-11-12(14(16,17)18)20-13(21-11)9-3-5-10(15)6-4-9/h3-6,8,19H,7H2,1-2H3. The number of hydrogen-bond donors (Lipinski definition) is 1. The number of benzene rings is 1. The van der Waals surface area contributed by atoms with Crippen molar-refractivity contribution in [1.29, 1.82) is 0 Å². The molecule has 7 heteroatoms. The number of thiazole rings is 1. The van der Waals surface area contributed by atoms with Gasteiger partial charge in [0.25, 0.3) is 0 Å². The Kier molecular flexibility index (Phi) is 5.06. The van der Waals surface area contributed by atoms with Crippen LogP contribution in [0, 0.1) is 0 Å². The van der Waals surface area contributed by atoms with E-state index in [-0.39, 0.29) is 17.5 Å². The summed E-state index contributed by atoms with van der Waals surface area (Å²) in [6, 6.07) is 7.20. The number of aromatic nitrogens is 1. The van der Waals surface area contributed by atoms with Gasteiger partial charge in [-0.2, -0.15) is 13.2 Å². The highest BCUT2D eigenvalue weighted by molar-refractivity contribution is 9.10. The molecule has 2 aromatic rings. The van der Waals surface area contributed by atoms with Crippen LogP contribution in [0.1, 0.15) is 24.4 Å². The number of nitrogens with one attached hydrogen (secondary N) is 1. The molecule has 0 aliphatic heterocycles. The summed E-state index contributed by atoms with van der Waals surface area (Å²) in [5.74, 6) is 0. The average Bonchev–Trinajstić information content (AvgIpc) is 2.81. The summed E-state index contributed by atoms with van der Waals surface area (Å²) in [7, 11) is 0. The van der Waals surface area contributed by atoms with Crippen LogP contribution < -0.4 is 5.32 Å². The van der Waals surface area contributed by atoms with Crippen LogP contribution in [0.25, 0.3) is 10.6 Å². The van der Waals surface area contributed by atoms with Gasteiger partial charge >= 0.3 is 6.18 Å². The summed E-state index contributed by atoms with van der Waals surface area (Å²) in [6.07, 6.45) is -4.43. The van der Waals surface area contributed by atoms with E-state index in [0.29, 0.717) is 10.6 Å². The molecule has 1 aromatic carbocycles. The Hall–Kier alpha value is -0.920. The molecule has 1 aromatic heterocycles. The Balaban J connectivity index is 2.37. The summed E-state index contributed by atoms with van der Waals surface area (Å²) in [6.45, 7) is 3.95. The highest BCUT2D eigenvalue weighted by Crippen LogP contribution is 2.37. The van der Waals surface area contributed by atoms with Crippen LogP contribution >= 0.6 is 27.3 Å². The normalized spacial score (nSPS) is 12.1. The second kappa shape index (κ2) is 6.46. The zero-order valence-corrected chi connectivity index (χ0v) is 13.9. The maximum atomic E-state index is 13.1. The first-order chi connectivity index (χ1) is 9.77. The summed E-state index contributed by atoms with van der Waals surface area (Å²) in [5, 5.41) is 3.40. The minimum Gasteiger partial charge on any atom is -0.310 e. The van der Waals surface area contributed by atoms with Gasteiger partial charge in [0.05, 0.1) is 4.88 Å². The van der Waals surface area contributed by atoms with Gasteiger partial charge in [0.1, 0.15) is 5.01 Å². The first-order valence-corrected chi connectivity index (χ1v) is 7.94.